The number of halogens is 1. The molecule has 1 aliphatic heterocycles. The molecule has 2 aromatic rings. The highest BCUT2D eigenvalue weighted by Crippen LogP contribution is 2.33. The molecule has 1 aromatic heterocycles. The molecule has 3 rings (SSSR count). The number of carbonyl (C=O) groups excluding carboxylic acids is 1. The van der Waals surface area contributed by atoms with Crippen LogP contribution in [0.4, 0.5) is 14.3 Å². The molecule has 0 spiro atoms. The second-order valence-electron chi connectivity index (χ2n) is 5.92. The van der Waals surface area contributed by atoms with Crippen molar-refractivity contribution < 1.29 is 14.3 Å². The van der Waals surface area contributed by atoms with Crippen LogP contribution in [0.15, 0.2) is 24.3 Å². The summed E-state index contributed by atoms with van der Waals surface area (Å²) in [4.78, 5) is 19.6. The van der Waals surface area contributed by atoms with Crippen molar-refractivity contribution in [1.29, 1.82) is 0 Å². The van der Waals surface area contributed by atoms with Crippen molar-refractivity contribution in [3.8, 4) is 0 Å². The zero-order valence-corrected chi connectivity index (χ0v) is 14.4. The number of hydrogen-bond donors (Lipinski definition) is 2. The molecule has 2 atom stereocenters. The number of thiazole rings is 1. The first-order chi connectivity index (χ1) is 11.5. The number of carbonyl (C=O) groups is 1. The van der Waals surface area contributed by atoms with Crippen molar-refractivity contribution in [2.45, 2.75) is 38.8 Å². The Bertz CT molecular complexity index is 749. The standard InChI is InChI=1S/C17H20FN3O2S/c1-3-14-10(2)24-16(19-14)20-17(23)21-9-13(22)8-15(21)11-5-4-6-12(18)7-11/h4-7,13,15,22H,3,8-9H2,1-2H3,(H,19,20,23)/t13-,15+/m0/s1. The number of anilines is 1. The average molecular weight is 349 g/mol. The van der Waals surface area contributed by atoms with Crippen LogP contribution in [0.3, 0.4) is 0 Å². The number of aromatic nitrogens is 1. The number of nitrogens with one attached hydrogen (secondary N) is 1. The van der Waals surface area contributed by atoms with Gasteiger partial charge in [0.2, 0.25) is 0 Å². The van der Waals surface area contributed by atoms with E-state index in [0.717, 1.165) is 17.0 Å². The number of β-amino-alcohol motifs (C(OH)–C–C–N with tert-alkyl or cyclic N) is 1. The molecule has 5 nitrogen and oxygen atoms in total. The van der Waals surface area contributed by atoms with E-state index in [1.165, 1.54) is 23.5 Å². The van der Waals surface area contributed by atoms with E-state index in [4.69, 9.17) is 0 Å². The fraction of sp³-hybridized carbons (Fsp3) is 0.412. The molecular formula is C17H20FN3O2S. The van der Waals surface area contributed by atoms with Gasteiger partial charge < -0.3 is 10.0 Å². The van der Waals surface area contributed by atoms with Gasteiger partial charge in [-0.05, 0) is 37.5 Å². The van der Waals surface area contributed by atoms with E-state index < -0.39 is 6.10 Å². The number of nitrogens with zero attached hydrogens (tertiary/aromatic N) is 2. The maximum atomic E-state index is 13.5. The lowest BCUT2D eigenvalue weighted by Gasteiger charge is -2.24. The van der Waals surface area contributed by atoms with Crippen molar-refractivity contribution in [3.63, 3.8) is 0 Å². The molecule has 0 unspecified atom stereocenters. The summed E-state index contributed by atoms with van der Waals surface area (Å²) in [6.07, 6.45) is 0.591. The van der Waals surface area contributed by atoms with E-state index in [1.807, 2.05) is 13.8 Å². The SMILES string of the molecule is CCc1nc(NC(=O)N2C[C@@H](O)C[C@@H]2c2cccc(F)c2)sc1C. The minimum absolute atomic E-state index is 0.220. The summed E-state index contributed by atoms with van der Waals surface area (Å²) >= 11 is 1.43. The summed E-state index contributed by atoms with van der Waals surface area (Å²) in [6, 6.07) is 5.49. The average Bonchev–Trinajstić information content (AvgIpc) is 3.10. The van der Waals surface area contributed by atoms with Gasteiger partial charge in [-0.1, -0.05) is 19.1 Å². The first-order valence-electron chi connectivity index (χ1n) is 7.95. The zero-order chi connectivity index (χ0) is 17.3. The maximum Gasteiger partial charge on any atom is 0.324 e. The number of benzene rings is 1. The third-order valence-electron chi connectivity index (χ3n) is 4.21. The fourth-order valence-electron chi connectivity index (χ4n) is 3.04. The van der Waals surface area contributed by atoms with Crippen LogP contribution in [0.5, 0.6) is 0 Å². The maximum absolute atomic E-state index is 13.5. The monoisotopic (exact) mass is 349 g/mol. The lowest BCUT2D eigenvalue weighted by Crippen LogP contribution is -2.35. The van der Waals surface area contributed by atoms with Gasteiger partial charge in [0.1, 0.15) is 5.82 Å². The quantitative estimate of drug-likeness (QED) is 0.891. The molecule has 1 aliphatic rings. The number of aliphatic hydroxyl groups is 1. The Balaban J connectivity index is 1.79. The summed E-state index contributed by atoms with van der Waals surface area (Å²) in [7, 11) is 0. The van der Waals surface area contributed by atoms with Gasteiger partial charge in [-0.3, -0.25) is 5.32 Å². The summed E-state index contributed by atoms with van der Waals surface area (Å²) in [6.45, 7) is 4.21. The summed E-state index contributed by atoms with van der Waals surface area (Å²) in [5, 5.41) is 13.3. The number of likely N-dealkylation sites (tertiary alicyclic amines) is 1. The normalized spacial score (nSPS) is 20.4. The Morgan fingerprint density at radius 2 is 2.33 bits per heavy atom. The number of amides is 2. The Kier molecular flexibility index (Phi) is 4.82. The number of urea groups is 1. The predicted octanol–water partition coefficient (Wildman–Crippen LogP) is 3.49. The molecule has 1 saturated heterocycles. The highest BCUT2D eigenvalue weighted by atomic mass is 32.1. The lowest BCUT2D eigenvalue weighted by molar-refractivity contribution is 0.175. The largest absolute Gasteiger partial charge is 0.391 e. The highest BCUT2D eigenvalue weighted by molar-refractivity contribution is 7.15. The van der Waals surface area contributed by atoms with Crippen LogP contribution in [-0.2, 0) is 6.42 Å². The van der Waals surface area contributed by atoms with Gasteiger partial charge in [0.15, 0.2) is 5.13 Å². The molecule has 0 aliphatic carbocycles. The van der Waals surface area contributed by atoms with Gasteiger partial charge >= 0.3 is 6.03 Å². The number of aryl methyl sites for hydroxylation is 2. The molecule has 2 heterocycles. The summed E-state index contributed by atoms with van der Waals surface area (Å²) in [5.74, 6) is -0.350. The van der Waals surface area contributed by atoms with E-state index in [0.29, 0.717) is 17.1 Å². The first kappa shape index (κ1) is 16.9. The van der Waals surface area contributed by atoms with Crippen molar-refractivity contribution in [2.24, 2.45) is 0 Å². The van der Waals surface area contributed by atoms with Gasteiger partial charge in [0.05, 0.1) is 17.8 Å². The predicted molar refractivity (Wildman–Crippen MR) is 91.7 cm³/mol. The molecule has 0 radical (unpaired) electrons. The van der Waals surface area contributed by atoms with Crippen LogP contribution in [0.25, 0.3) is 0 Å². The molecule has 0 saturated carbocycles. The molecule has 2 amide bonds. The van der Waals surface area contributed by atoms with E-state index in [-0.39, 0.29) is 24.4 Å². The Hall–Kier alpha value is -1.99. The molecule has 0 bridgehead atoms. The van der Waals surface area contributed by atoms with Crippen LogP contribution in [0, 0.1) is 12.7 Å². The smallest absolute Gasteiger partial charge is 0.324 e. The molecule has 128 valence electrons. The third kappa shape index (κ3) is 3.42. The van der Waals surface area contributed by atoms with Crippen LogP contribution in [0.1, 0.15) is 35.5 Å². The number of aliphatic hydroxyl groups excluding tert-OH is 1. The minimum atomic E-state index is -0.617. The number of hydrogen-bond acceptors (Lipinski definition) is 4. The van der Waals surface area contributed by atoms with Crippen molar-refractivity contribution in [3.05, 3.63) is 46.2 Å². The van der Waals surface area contributed by atoms with E-state index >= 15 is 0 Å². The lowest BCUT2D eigenvalue weighted by atomic mass is 10.0. The van der Waals surface area contributed by atoms with Crippen molar-refractivity contribution in [1.82, 2.24) is 9.88 Å². The topological polar surface area (TPSA) is 65.5 Å². The molecule has 2 N–H and O–H groups in total. The summed E-state index contributed by atoms with van der Waals surface area (Å²) in [5.41, 5.74) is 1.66. The Labute approximate surface area is 144 Å². The van der Waals surface area contributed by atoms with Gasteiger partial charge in [-0.25, -0.2) is 14.2 Å². The first-order valence-corrected chi connectivity index (χ1v) is 8.77. The Morgan fingerprint density at radius 1 is 1.54 bits per heavy atom. The molecule has 24 heavy (non-hydrogen) atoms. The summed E-state index contributed by atoms with van der Waals surface area (Å²) < 4.78 is 13.5. The third-order valence-corrected chi connectivity index (χ3v) is 5.14. The second kappa shape index (κ2) is 6.86. The van der Waals surface area contributed by atoms with Crippen LogP contribution < -0.4 is 5.32 Å². The van der Waals surface area contributed by atoms with Gasteiger partial charge in [0, 0.05) is 11.4 Å². The molecule has 1 aromatic carbocycles. The minimum Gasteiger partial charge on any atom is -0.391 e. The fourth-order valence-corrected chi connectivity index (χ4v) is 3.93. The van der Waals surface area contributed by atoms with Gasteiger partial charge in [-0.2, -0.15) is 0 Å². The molecule has 7 heteroatoms. The molecular weight excluding hydrogens is 329 g/mol. The van der Waals surface area contributed by atoms with E-state index in [9.17, 15) is 14.3 Å². The highest BCUT2D eigenvalue weighted by Gasteiger charge is 2.35. The van der Waals surface area contributed by atoms with Gasteiger partial charge in [-0.15, -0.1) is 11.3 Å². The van der Waals surface area contributed by atoms with Crippen LogP contribution in [-0.4, -0.2) is 33.7 Å². The van der Waals surface area contributed by atoms with Crippen LogP contribution in [0.2, 0.25) is 0 Å². The Morgan fingerprint density at radius 3 is 3.00 bits per heavy atom. The van der Waals surface area contributed by atoms with Crippen molar-refractivity contribution in [2.75, 3.05) is 11.9 Å². The van der Waals surface area contributed by atoms with Gasteiger partial charge in [0.25, 0.3) is 0 Å². The van der Waals surface area contributed by atoms with E-state index in [2.05, 4.69) is 10.3 Å². The van der Waals surface area contributed by atoms with E-state index in [1.54, 1.807) is 17.0 Å². The zero-order valence-electron chi connectivity index (χ0n) is 13.6. The number of rotatable bonds is 3. The molecule has 1 fully saturated rings. The second-order valence-corrected chi connectivity index (χ2v) is 7.12. The van der Waals surface area contributed by atoms with Crippen molar-refractivity contribution >= 4 is 22.5 Å². The van der Waals surface area contributed by atoms with Crippen LogP contribution >= 0.6 is 11.3 Å².